The second-order valence-electron chi connectivity index (χ2n) is 4.49. The summed E-state index contributed by atoms with van der Waals surface area (Å²) in [6, 6.07) is 0. The number of hydrogen-bond acceptors (Lipinski definition) is 2. The Bertz CT molecular complexity index is 283. The van der Waals surface area contributed by atoms with E-state index in [2.05, 4.69) is 13.0 Å². The second-order valence-corrected chi connectivity index (χ2v) is 4.49. The molecule has 0 N–H and O–H groups in total. The van der Waals surface area contributed by atoms with Crippen molar-refractivity contribution in [1.82, 2.24) is 0 Å². The first-order chi connectivity index (χ1) is 7.30. The molecule has 1 saturated heterocycles. The van der Waals surface area contributed by atoms with Gasteiger partial charge in [-0.1, -0.05) is 19.3 Å². The van der Waals surface area contributed by atoms with Gasteiger partial charge in [0.2, 0.25) is 0 Å². The predicted octanol–water partition coefficient (Wildman–Crippen LogP) is 3.75. The van der Waals surface area contributed by atoms with Crippen molar-refractivity contribution in [2.75, 3.05) is 6.61 Å². The molecule has 0 bridgehead atoms. The van der Waals surface area contributed by atoms with Crippen LogP contribution in [0.4, 0.5) is 0 Å². The Morgan fingerprint density at radius 1 is 1.07 bits per heavy atom. The molecule has 1 aliphatic carbocycles. The highest BCUT2D eigenvalue weighted by atomic mass is 16.7. The van der Waals surface area contributed by atoms with Crippen LogP contribution in [0.3, 0.4) is 0 Å². The summed E-state index contributed by atoms with van der Waals surface area (Å²) in [5, 5.41) is 0. The van der Waals surface area contributed by atoms with Crippen LogP contribution in [0.5, 0.6) is 0 Å². The molecule has 1 heterocycles. The second kappa shape index (κ2) is 4.30. The van der Waals surface area contributed by atoms with Crippen LogP contribution < -0.4 is 0 Å². The summed E-state index contributed by atoms with van der Waals surface area (Å²) in [6.45, 7) is 4.80. The Kier molecular flexibility index (Phi) is 3.03. The first kappa shape index (κ1) is 10.6. The van der Waals surface area contributed by atoms with E-state index in [1.807, 2.05) is 13.0 Å². The average Bonchev–Trinajstić information content (AvgIpc) is 2.31. The van der Waals surface area contributed by atoms with Crippen molar-refractivity contribution < 1.29 is 9.47 Å². The molecule has 84 valence electrons. The van der Waals surface area contributed by atoms with Gasteiger partial charge in [-0.2, -0.15) is 0 Å². The Morgan fingerprint density at radius 3 is 2.40 bits per heavy atom. The first-order valence-corrected chi connectivity index (χ1v) is 5.94. The Balaban J connectivity index is 2.18. The molecule has 2 heteroatoms. The highest BCUT2D eigenvalue weighted by Crippen LogP contribution is 2.46. The van der Waals surface area contributed by atoms with E-state index in [4.69, 9.17) is 9.47 Å². The fourth-order valence-electron chi connectivity index (χ4n) is 2.65. The fourth-order valence-corrected chi connectivity index (χ4v) is 2.65. The highest BCUT2D eigenvalue weighted by molar-refractivity contribution is 5.13. The third kappa shape index (κ3) is 1.90. The van der Waals surface area contributed by atoms with Crippen molar-refractivity contribution in [2.24, 2.45) is 5.41 Å². The Hall–Kier alpha value is -0.920. The quantitative estimate of drug-likeness (QED) is 0.603. The largest absolute Gasteiger partial charge is 0.464 e. The van der Waals surface area contributed by atoms with E-state index in [0.717, 1.165) is 12.4 Å². The molecule has 1 aliphatic heterocycles. The van der Waals surface area contributed by atoms with Gasteiger partial charge < -0.3 is 9.47 Å². The smallest absolute Gasteiger partial charge is 0.279 e. The van der Waals surface area contributed by atoms with Crippen molar-refractivity contribution in [3.8, 4) is 0 Å². The van der Waals surface area contributed by atoms with Gasteiger partial charge in [0.25, 0.3) is 5.95 Å². The maximum absolute atomic E-state index is 5.78. The van der Waals surface area contributed by atoms with Gasteiger partial charge in [0, 0.05) is 0 Å². The lowest BCUT2D eigenvalue weighted by Crippen LogP contribution is -2.36. The molecule has 2 nitrogen and oxygen atoms in total. The molecule has 0 radical (unpaired) electrons. The predicted molar refractivity (Wildman–Crippen MR) is 60.1 cm³/mol. The van der Waals surface area contributed by atoms with Crippen LogP contribution in [0.15, 0.2) is 23.9 Å². The van der Waals surface area contributed by atoms with Crippen LogP contribution >= 0.6 is 0 Å². The monoisotopic (exact) mass is 208 g/mol. The maximum atomic E-state index is 5.78. The summed E-state index contributed by atoms with van der Waals surface area (Å²) in [6.07, 6.45) is 10.4. The van der Waals surface area contributed by atoms with Gasteiger partial charge in [-0.05, 0) is 38.8 Å². The van der Waals surface area contributed by atoms with Crippen LogP contribution in [0, 0.1) is 5.41 Å². The zero-order chi connectivity index (χ0) is 10.7. The lowest BCUT2D eigenvalue weighted by atomic mass is 9.72. The van der Waals surface area contributed by atoms with Crippen LogP contribution in [-0.4, -0.2) is 6.61 Å². The van der Waals surface area contributed by atoms with Crippen molar-refractivity contribution in [2.45, 2.75) is 46.0 Å². The van der Waals surface area contributed by atoms with E-state index in [-0.39, 0.29) is 5.41 Å². The molecule has 2 aliphatic rings. The summed E-state index contributed by atoms with van der Waals surface area (Å²) in [7, 11) is 0. The normalized spacial score (nSPS) is 30.3. The average molecular weight is 208 g/mol. The van der Waals surface area contributed by atoms with Crippen molar-refractivity contribution in [3.05, 3.63) is 23.9 Å². The Labute approximate surface area is 92.0 Å². The molecule has 2 rings (SSSR count). The molecular formula is C13H20O2. The zero-order valence-corrected chi connectivity index (χ0v) is 9.71. The minimum atomic E-state index is 0.180. The zero-order valence-electron chi connectivity index (χ0n) is 9.71. The van der Waals surface area contributed by atoms with Crippen LogP contribution in [-0.2, 0) is 9.47 Å². The van der Waals surface area contributed by atoms with E-state index in [1.54, 1.807) is 0 Å². The molecule has 0 unspecified atom stereocenters. The fraction of sp³-hybridized carbons (Fsp3) is 0.692. The summed E-state index contributed by atoms with van der Waals surface area (Å²) in [4.78, 5) is 0. The van der Waals surface area contributed by atoms with Gasteiger partial charge in [0.1, 0.15) is 12.4 Å². The van der Waals surface area contributed by atoms with Gasteiger partial charge in [-0.15, -0.1) is 0 Å². The lowest BCUT2D eigenvalue weighted by Gasteiger charge is -2.41. The van der Waals surface area contributed by atoms with Gasteiger partial charge in [0.15, 0.2) is 0 Å². The SMILES string of the molecule is C/C=C1/OCC2(CCCCC2)/C(=C\C)O1. The van der Waals surface area contributed by atoms with Crippen LogP contribution in [0.1, 0.15) is 46.0 Å². The number of ether oxygens (including phenoxy) is 2. The molecular weight excluding hydrogens is 188 g/mol. The topological polar surface area (TPSA) is 18.5 Å². The van der Waals surface area contributed by atoms with Crippen LogP contribution in [0.25, 0.3) is 0 Å². The van der Waals surface area contributed by atoms with Gasteiger partial charge in [0.05, 0.1) is 5.41 Å². The standard InChI is InChI=1S/C13H20O2/c1-3-11-13(8-6-5-7-9-13)10-14-12(4-2)15-11/h3-4H,5-10H2,1-2H3/b11-3+,12-4-. The molecule has 0 aromatic carbocycles. The molecule has 0 atom stereocenters. The third-order valence-electron chi connectivity index (χ3n) is 3.53. The van der Waals surface area contributed by atoms with Gasteiger partial charge in [-0.25, -0.2) is 0 Å². The highest BCUT2D eigenvalue weighted by Gasteiger charge is 2.41. The number of hydrogen-bond donors (Lipinski definition) is 0. The van der Waals surface area contributed by atoms with Crippen molar-refractivity contribution >= 4 is 0 Å². The molecule has 2 fully saturated rings. The lowest BCUT2D eigenvalue weighted by molar-refractivity contribution is -0.0671. The molecule has 1 saturated carbocycles. The number of rotatable bonds is 0. The molecule has 15 heavy (non-hydrogen) atoms. The minimum absolute atomic E-state index is 0.180. The summed E-state index contributed by atoms with van der Waals surface area (Å²) in [5.74, 6) is 1.79. The summed E-state index contributed by atoms with van der Waals surface area (Å²) in [5.41, 5.74) is 0.180. The van der Waals surface area contributed by atoms with E-state index < -0.39 is 0 Å². The maximum Gasteiger partial charge on any atom is 0.279 e. The van der Waals surface area contributed by atoms with E-state index in [1.165, 1.54) is 32.1 Å². The van der Waals surface area contributed by atoms with Crippen molar-refractivity contribution in [1.29, 1.82) is 0 Å². The number of allylic oxidation sites excluding steroid dienone is 2. The van der Waals surface area contributed by atoms with Crippen molar-refractivity contribution in [3.63, 3.8) is 0 Å². The van der Waals surface area contributed by atoms with E-state index in [9.17, 15) is 0 Å². The summed E-state index contributed by atoms with van der Waals surface area (Å²) < 4.78 is 11.4. The summed E-state index contributed by atoms with van der Waals surface area (Å²) >= 11 is 0. The van der Waals surface area contributed by atoms with Gasteiger partial charge >= 0.3 is 0 Å². The molecule has 0 aromatic rings. The van der Waals surface area contributed by atoms with E-state index >= 15 is 0 Å². The van der Waals surface area contributed by atoms with Crippen LogP contribution in [0.2, 0.25) is 0 Å². The van der Waals surface area contributed by atoms with E-state index in [0.29, 0.717) is 5.95 Å². The third-order valence-corrected chi connectivity index (χ3v) is 3.53. The minimum Gasteiger partial charge on any atom is -0.464 e. The molecule has 1 spiro atoms. The molecule has 0 amide bonds. The first-order valence-electron chi connectivity index (χ1n) is 5.94. The molecule has 0 aromatic heterocycles. The Morgan fingerprint density at radius 2 is 1.80 bits per heavy atom. The van der Waals surface area contributed by atoms with Gasteiger partial charge in [-0.3, -0.25) is 0 Å².